The molecule has 158 valence electrons. The third-order valence-corrected chi connectivity index (χ3v) is 6.56. The number of nitrogens with two attached hydrogens (primary N) is 1. The molecule has 2 aromatic rings. The molecule has 0 amide bonds. The lowest BCUT2D eigenvalue weighted by Crippen LogP contribution is -2.40. The van der Waals surface area contributed by atoms with Crippen LogP contribution in [0.3, 0.4) is 0 Å². The molecule has 2 rings (SSSR count). The van der Waals surface area contributed by atoms with Crippen molar-refractivity contribution in [2.45, 2.75) is 25.2 Å². The molecule has 3 N–H and O–H groups in total. The highest BCUT2D eigenvalue weighted by atomic mass is 35.5. The summed E-state index contributed by atoms with van der Waals surface area (Å²) < 4.78 is 36.7. The van der Waals surface area contributed by atoms with Crippen molar-refractivity contribution in [2.24, 2.45) is 10.8 Å². The molecule has 0 aliphatic carbocycles. The van der Waals surface area contributed by atoms with E-state index in [1.54, 1.807) is 6.07 Å². The van der Waals surface area contributed by atoms with Gasteiger partial charge in [-0.2, -0.15) is 0 Å². The number of hydrogen-bond donors (Lipinski definition) is 2. The highest BCUT2D eigenvalue weighted by molar-refractivity contribution is 7.92. The van der Waals surface area contributed by atoms with Gasteiger partial charge in [0, 0.05) is 19.5 Å². The molecule has 0 aliphatic rings. The first kappa shape index (κ1) is 23.0. The van der Waals surface area contributed by atoms with E-state index in [1.807, 2.05) is 19.1 Å². The predicted molar refractivity (Wildman–Crippen MR) is 112 cm³/mol. The zero-order valence-electron chi connectivity index (χ0n) is 16.6. The third kappa shape index (κ3) is 5.63. The van der Waals surface area contributed by atoms with Gasteiger partial charge in [-0.1, -0.05) is 23.7 Å². The fourth-order valence-corrected chi connectivity index (χ4v) is 4.17. The van der Waals surface area contributed by atoms with Crippen LogP contribution < -0.4 is 16.0 Å². The average molecular weight is 442 g/mol. The number of ether oxygens (including phenoxy) is 2. The number of benzene rings is 1. The van der Waals surface area contributed by atoms with Gasteiger partial charge in [0.2, 0.25) is 0 Å². The number of para-hydroxylation sites is 1. The Morgan fingerprint density at radius 1 is 1.31 bits per heavy atom. The van der Waals surface area contributed by atoms with E-state index in [1.165, 1.54) is 33.5 Å². The monoisotopic (exact) mass is 441 g/mol. The summed E-state index contributed by atoms with van der Waals surface area (Å²) in [6, 6.07) is 5.39. The number of nitrogens with one attached hydrogen (secondary N) is 1. The smallest absolute Gasteiger partial charge is 0.163 e. The summed E-state index contributed by atoms with van der Waals surface area (Å²) in [4.78, 5) is 12.5. The summed E-state index contributed by atoms with van der Waals surface area (Å²) in [7, 11) is -0.843. The lowest BCUT2D eigenvalue weighted by molar-refractivity contribution is 0.0949. The van der Waals surface area contributed by atoms with Gasteiger partial charge in [-0.15, -0.1) is 0 Å². The van der Waals surface area contributed by atoms with Crippen molar-refractivity contribution in [3.63, 3.8) is 0 Å². The second kappa shape index (κ2) is 9.97. The van der Waals surface area contributed by atoms with Crippen molar-refractivity contribution >= 4 is 33.0 Å². The molecule has 0 bridgehead atoms. The third-order valence-electron chi connectivity index (χ3n) is 4.31. The SMILES string of the molecule is COc1cccc(C)c1N=C(CS(=O)(=O)[C@@H](C)[C@H](OC)c1ncc(Cl)cn1)NN. The Labute approximate surface area is 175 Å². The van der Waals surface area contributed by atoms with Crippen LogP contribution in [-0.4, -0.2) is 49.4 Å². The van der Waals surface area contributed by atoms with Gasteiger partial charge in [0.15, 0.2) is 15.7 Å². The molecule has 1 aromatic heterocycles. The molecule has 0 unspecified atom stereocenters. The van der Waals surface area contributed by atoms with Gasteiger partial charge in [0.05, 0.1) is 17.4 Å². The molecule has 1 aromatic carbocycles. The number of hydrogen-bond acceptors (Lipinski definition) is 8. The van der Waals surface area contributed by atoms with Gasteiger partial charge in [-0.25, -0.2) is 29.2 Å². The summed E-state index contributed by atoms with van der Waals surface area (Å²) in [5, 5.41) is -0.626. The number of nitrogens with zero attached hydrogens (tertiary/aromatic N) is 3. The van der Waals surface area contributed by atoms with E-state index in [-0.39, 0.29) is 11.7 Å². The molecule has 29 heavy (non-hydrogen) atoms. The van der Waals surface area contributed by atoms with Crippen LogP contribution in [0.2, 0.25) is 5.02 Å². The predicted octanol–water partition coefficient (Wildman–Crippen LogP) is 2.13. The zero-order chi connectivity index (χ0) is 21.6. The van der Waals surface area contributed by atoms with Crippen LogP contribution in [0.1, 0.15) is 24.4 Å². The number of aryl methyl sites for hydroxylation is 1. The van der Waals surface area contributed by atoms with E-state index >= 15 is 0 Å². The standard InChI is InChI=1S/C18H24ClN5O4S/c1-11-6-5-7-14(27-3)16(11)23-15(24-20)10-29(25,26)12(2)17(28-4)18-21-8-13(19)9-22-18/h5-9,12,17H,10,20H2,1-4H3,(H,23,24)/t12-,17-/m0/s1. The van der Waals surface area contributed by atoms with Crippen LogP contribution in [0.5, 0.6) is 5.75 Å². The van der Waals surface area contributed by atoms with Crippen LogP contribution in [0.15, 0.2) is 35.6 Å². The van der Waals surface area contributed by atoms with Crippen LogP contribution in [0.25, 0.3) is 0 Å². The molecule has 11 heteroatoms. The quantitative estimate of drug-likeness (QED) is 0.276. The zero-order valence-corrected chi connectivity index (χ0v) is 18.2. The number of hydrazine groups is 1. The summed E-state index contributed by atoms with van der Waals surface area (Å²) in [6.07, 6.45) is 1.88. The molecule has 9 nitrogen and oxygen atoms in total. The Bertz CT molecular complexity index is 967. The van der Waals surface area contributed by atoms with E-state index in [0.717, 1.165) is 5.56 Å². The highest BCUT2D eigenvalue weighted by Gasteiger charge is 2.33. The van der Waals surface area contributed by atoms with Gasteiger partial charge >= 0.3 is 0 Å². The number of amidine groups is 1. The number of aromatic nitrogens is 2. The molecule has 0 saturated carbocycles. The Hall–Kier alpha value is -2.27. The maximum Gasteiger partial charge on any atom is 0.163 e. The molecule has 0 fully saturated rings. The van der Waals surface area contributed by atoms with Crippen LogP contribution in [0, 0.1) is 6.92 Å². The van der Waals surface area contributed by atoms with Crippen LogP contribution in [0.4, 0.5) is 5.69 Å². The molecule has 2 atom stereocenters. The molecule has 0 spiro atoms. The number of halogens is 1. The van der Waals surface area contributed by atoms with Crippen LogP contribution in [-0.2, 0) is 14.6 Å². The van der Waals surface area contributed by atoms with E-state index in [2.05, 4.69) is 20.4 Å². The second-order valence-corrected chi connectivity index (χ2v) is 9.05. The minimum absolute atomic E-state index is 0.0660. The highest BCUT2D eigenvalue weighted by Crippen LogP contribution is 2.31. The summed E-state index contributed by atoms with van der Waals surface area (Å²) in [5.74, 6) is 5.90. The van der Waals surface area contributed by atoms with Gasteiger partial charge in [0.25, 0.3) is 0 Å². The first-order valence-electron chi connectivity index (χ1n) is 8.63. The normalized spacial score (nSPS) is 14.3. The molecular weight excluding hydrogens is 418 g/mol. The van der Waals surface area contributed by atoms with E-state index in [4.69, 9.17) is 26.9 Å². The summed E-state index contributed by atoms with van der Waals surface area (Å²) in [6.45, 7) is 3.36. The summed E-state index contributed by atoms with van der Waals surface area (Å²) in [5.41, 5.74) is 3.68. The Morgan fingerprint density at radius 3 is 2.52 bits per heavy atom. The molecule has 0 radical (unpaired) electrons. The van der Waals surface area contributed by atoms with E-state index in [9.17, 15) is 8.42 Å². The molecule has 1 heterocycles. The minimum Gasteiger partial charge on any atom is -0.494 e. The van der Waals surface area contributed by atoms with Gasteiger partial charge in [0.1, 0.15) is 29.1 Å². The first-order valence-corrected chi connectivity index (χ1v) is 10.7. The maximum absolute atomic E-state index is 13.0. The van der Waals surface area contributed by atoms with Crippen molar-refractivity contribution in [3.05, 3.63) is 47.0 Å². The minimum atomic E-state index is -3.75. The largest absolute Gasteiger partial charge is 0.494 e. The van der Waals surface area contributed by atoms with Gasteiger partial charge in [-0.3, -0.25) is 0 Å². The maximum atomic E-state index is 13.0. The summed E-state index contributed by atoms with van der Waals surface area (Å²) >= 11 is 5.80. The lowest BCUT2D eigenvalue weighted by atomic mass is 10.2. The molecular formula is C18H24ClN5O4S. The van der Waals surface area contributed by atoms with Crippen LogP contribution >= 0.6 is 11.6 Å². The Kier molecular flexibility index (Phi) is 7.91. The fourth-order valence-electron chi connectivity index (χ4n) is 2.67. The number of aliphatic imine (C=N–C) groups is 1. The Balaban J connectivity index is 2.33. The van der Waals surface area contributed by atoms with Crippen molar-refractivity contribution in [3.8, 4) is 5.75 Å². The number of sulfone groups is 1. The van der Waals surface area contributed by atoms with Crippen molar-refractivity contribution < 1.29 is 17.9 Å². The van der Waals surface area contributed by atoms with E-state index in [0.29, 0.717) is 16.5 Å². The van der Waals surface area contributed by atoms with Gasteiger partial charge < -0.3 is 14.9 Å². The number of rotatable bonds is 8. The van der Waals surface area contributed by atoms with Crippen molar-refractivity contribution in [2.75, 3.05) is 20.0 Å². The second-order valence-electron chi connectivity index (χ2n) is 6.26. The average Bonchev–Trinajstić information content (AvgIpc) is 2.70. The fraction of sp³-hybridized carbons (Fsp3) is 0.389. The van der Waals surface area contributed by atoms with Crippen molar-refractivity contribution in [1.82, 2.24) is 15.4 Å². The molecule has 0 saturated heterocycles. The first-order chi connectivity index (χ1) is 13.7. The van der Waals surface area contributed by atoms with E-state index < -0.39 is 26.9 Å². The topological polar surface area (TPSA) is 129 Å². The molecule has 0 aliphatic heterocycles. The number of methoxy groups -OCH3 is 2. The van der Waals surface area contributed by atoms with Crippen molar-refractivity contribution in [1.29, 1.82) is 0 Å². The van der Waals surface area contributed by atoms with Gasteiger partial charge in [-0.05, 0) is 25.5 Å². The Morgan fingerprint density at radius 2 is 1.97 bits per heavy atom. The lowest BCUT2D eigenvalue weighted by Gasteiger charge is -2.22.